The first kappa shape index (κ1) is 15.0. The Morgan fingerprint density at radius 2 is 2.24 bits per heavy atom. The molecule has 1 aliphatic rings. The van der Waals surface area contributed by atoms with Gasteiger partial charge in [-0.25, -0.2) is 4.79 Å². The van der Waals surface area contributed by atoms with Crippen LogP contribution in [0.2, 0.25) is 0 Å². The van der Waals surface area contributed by atoms with Crippen LogP contribution < -0.4 is 5.32 Å². The monoisotopic (exact) mass is 296 g/mol. The first-order valence-electron chi connectivity index (χ1n) is 6.52. The van der Waals surface area contributed by atoms with Crippen molar-refractivity contribution in [2.45, 2.75) is 12.5 Å². The number of furan rings is 1. The van der Waals surface area contributed by atoms with Crippen molar-refractivity contribution in [3.63, 3.8) is 0 Å². The van der Waals surface area contributed by atoms with Crippen molar-refractivity contribution in [2.24, 2.45) is 0 Å². The van der Waals surface area contributed by atoms with Crippen LogP contribution in [0.5, 0.6) is 0 Å². The molecule has 0 spiro atoms. The van der Waals surface area contributed by atoms with E-state index in [1.54, 1.807) is 6.07 Å². The standard InChI is InChI=1S/C13H16N2O6/c16-11(15-5-7-21-10(8-15)13(18)19)3-4-14-12(17)9-2-1-6-20-9/h1-2,6,10H,3-5,7-8H2,(H,14,17)(H,18,19). The van der Waals surface area contributed by atoms with Crippen molar-refractivity contribution in [1.82, 2.24) is 10.2 Å². The average molecular weight is 296 g/mol. The Morgan fingerprint density at radius 3 is 2.90 bits per heavy atom. The van der Waals surface area contributed by atoms with E-state index in [9.17, 15) is 14.4 Å². The van der Waals surface area contributed by atoms with Crippen LogP contribution in [0.1, 0.15) is 17.0 Å². The zero-order valence-electron chi connectivity index (χ0n) is 11.3. The van der Waals surface area contributed by atoms with Crippen LogP contribution in [0.3, 0.4) is 0 Å². The molecule has 1 aromatic rings. The van der Waals surface area contributed by atoms with E-state index in [0.717, 1.165) is 0 Å². The summed E-state index contributed by atoms with van der Waals surface area (Å²) in [4.78, 5) is 35.8. The second kappa shape index (κ2) is 6.89. The summed E-state index contributed by atoms with van der Waals surface area (Å²) in [5.74, 6) is -1.51. The van der Waals surface area contributed by atoms with Crippen molar-refractivity contribution in [2.75, 3.05) is 26.2 Å². The van der Waals surface area contributed by atoms with E-state index in [1.165, 1.54) is 17.2 Å². The molecular weight excluding hydrogens is 280 g/mol. The van der Waals surface area contributed by atoms with Crippen molar-refractivity contribution >= 4 is 17.8 Å². The molecule has 21 heavy (non-hydrogen) atoms. The number of rotatable bonds is 5. The lowest BCUT2D eigenvalue weighted by atomic mass is 10.2. The van der Waals surface area contributed by atoms with Crippen molar-refractivity contribution in [3.8, 4) is 0 Å². The lowest BCUT2D eigenvalue weighted by Gasteiger charge is -2.30. The van der Waals surface area contributed by atoms with Gasteiger partial charge in [0.05, 0.1) is 19.4 Å². The molecule has 1 unspecified atom stereocenters. The molecule has 114 valence electrons. The number of nitrogens with one attached hydrogen (secondary N) is 1. The topological polar surface area (TPSA) is 109 Å². The van der Waals surface area contributed by atoms with Crippen LogP contribution in [0.25, 0.3) is 0 Å². The van der Waals surface area contributed by atoms with Crippen molar-refractivity contribution in [1.29, 1.82) is 0 Å². The van der Waals surface area contributed by atoms with Gasteiger partial charge in [0, 0.05) is 19.5 Å². The maximum Gasteiger partial charge on any atom is 0.334 e. The van der Waals surface area contributed by atoms with E-state index in [2.05, 4.69) is 5.32 Å². The first-order valence-corrected chi connectivity index (χ1v) is 6.52. The molecule has 2 heterocycles. The number of nitrogens with zero attached hydrogens (tertiary/aromatic N) is 1. The highest BCUT2D eigenvalue weighted by Gasteiger charge is 2.28. The SMILES string of the molecule is O=C(NCCC(=O)N1CCOC(C(=O)O)C1)c1ccco1. The molecule has 2 N–H and O–H groups in total. The van der Waals surface area contributed by atoms with Gasteiger partial charge >= 0.3 is 5.97 Å². The Morgan fingerprint density at radius 1 is 1.43 bits per heavy atom. The van der Waals surface area contributed by atoms with Crippen molar-refractivity contribution < 1.29 is 28.6 Å². The van der Waals surface area contributed by atoms with Gasteiger partial charge in [0.2, 0.25) is 5.91 Å². The Balaban J connectivity index is 1.74. The van der Waals surface area contributed by atoms with Crippen LogP contribution in [0, 0.1) is 0 Å². The highest BCUT2D eigenvalue weighted by molar-refractivity contribution is 5.91. The molecule has 1 aromatic heterocycles. The summed E-state index contributed by atoms with van der Waals surface area (Å²) in [7, 11) is 0. The van der Waals surface area contributed by atoms with Gasteiger partial charge in [-0.05, 0) is 12.1 Å². The van der Waals surface area contributed by atoms with Gasteiger partial charge in [0.1, 0.15) is 0 Å². The molecule has 0 aromatic carbocycles. The third-order valence-corrected chi connectivity index (χ3v) is 3.06. The van der Waals surface area contributed by atoms with E-state index in [4.69, 9.17) is 14.3 Å². The van der Waals surface area contributed by atoms with E-state index in [-0.39, 0.29) is 37.8 Å². The summed E-state index contributed by atoms with van der Waals surface area (Å²) in [5.41, 5.74) is 0. The Labute approximate surface area is 120 Å². The van der Waals surface area contributed by atoms with Gasteiger partial charge in [-0.2, -0.15) is 0 Å². The number of amides is 2. The van der Waals surface area contributed by atoms with Gasteiger partial charge < -0.3 is 24.5 Å². The fraction of sp³-hybridized carbons (Fsp3) is 0.462. The number of carboxylic acids is 1. The molecule has 2 rings (SSSR count). The normalized spacial score (nSPS) is 18.3. The molecule has 0 aliphatic carbocycles. The summed E-state index contributed by atoms with van der Waals surface area (Å²) in [6.45, 7) is 0.740. The molecule has 1 atom stereocenters. The Kier molecular flexibility index (Phi) is 4.94. The van der Waals surface area contributed by atoms with Gasteiger partial charge in [-0.3, -0.25) is 9.59 Å². The van der Waals surface area contributed by atoms with E-state index >= 15 is 0 Å². The predicted octanol–water partition coefficient (Wildman–Crippen LogP) is -0.288. The van der Waals surface area contributed by atoms with Gasteiger partial charge in [0.15, 0.2) is 11.9 Å². The number of carbonyl (C=O) groups excluding carboxylic acids is 2. The third kappa shape index (κ3) is 4.06. The number of hydrogen-bond acceptors (Lipinski definition) is 5. The molecule has 0 bridgehead atoms. The Bertz CT molecular complexity index is 513. The third-order valence-electron chi connectivity index (χ3n) is 3.06. The molecule has 0 radical (unpaired) electrons. The maximum absolute atomic E-state index is 11.9. The van der Waals surface area contributed by atoms with E-state index < -0.39 is 18.0 Å². The van der Waals surface area contributed by atoms with Crippen molar-refractivity contribution in [3.05, 3.63) is 24.2 Å². The minimum Gasteiger partial charge on any atom is -0.479 e. The summed E-state index contributed by atoms with van der Waals surface area (Å²) >= 11 is 0. The number of carbonyl (C=O) groups is 3. The zero-order valence-corrected chi connectivity index (χ0v) is 11.3. The second-order valence-corrected chi connectivity index (χ2v) is 4.52. The lowest BCUT2D eigenvalue weighted by Crippen LogP contribution is -2.49. The van der Waals surface area contributed by atoms with Crippen LogP contribution >= 0.6 is 0 Å². The predicted molar refractivity (Wildman–Crippen MR) is 69.6 cm³/mol. The molecule has 1 saturated heterocycles. The largest absolute Gasteiger partial charge is 0.479 e. The minimum absolute atomic E-state index is 0.0281. The van der Waals surface area contributed by atoms with Crippen LogP contribution in [0.15, 0.2) is 22.8 Å². The fourth-order valence-electron chi connectivity index (χ4n) is 1.96. The molecule has 8 nitrogen and oxygen atoms in total. The maximum atomic E-state index is 11.9. The summed E-state index contributed by atoms with van der Waals surface area (Å²) in [5, 5.41) is 11.4. The summed E-state index contributed by atoms with van der Waals surface area (Å²) in [6, 6.07) is 3.12. The van der Waals surface area contributed by atoms with E-state index in [1.807, 2.05) is 0 Å². The highest BCUT2D eigenvalue weighted by Crippen LogP contribution is 2.07. The number of hydrogen-bond donors (Lipinski definition) is 2. The van der Waals surface area contributed by atoms with Crippen LogP contribution in [-0.2, 0) is 14.3 Å². The Hall–Kier alpha value is -2.35. The average Bonchev–Trinajstić information content (AvgIpc) is 3.01. The number of carboxylic acid groups (broad SMARTS) is 1. The number of ether oxygens (including phenoxy) is 1. The first-order chi connectivity index (χ1) is 10.1. The minimum atomic E-state index is -1.08. The lowest BCUT2D eigenvalue weighted by molar-refractivity contribution is -0.159. The number of morpholine rings is 1. The molecule has 8 heteroatoms. The summed E-state index contributed by atoms with van der Waals surface area (Å²) < 4.78 is 9.96. The highest BCUT2D eigenvalue weighted by atomic mass is 16.5. The smallest absolute Gasteiger partial charge is 0.334 e. The van der Waals surface area contributed by atoms with E-state index in [0.29, 0.717) is 6.54 Å². The molecule has 1 aliphatic heterocycles. The fourth-order valence-corrected chi connectivity index (χ4v) is 1.96. The molecule has 0 saturated carbocycles. The molecule has 1 fully saturated rings. The number of aliphatic carboxylic acids is 1. The van der Waals surface area contributed by atoms with Crippen LogP contribution in [0.4, 0.5) is 0 Å². The van der Waals surface area contributed by atoms with Gasteiger partial charge in [0.25, 0.3) is 5.91 Å². The van der Waals surface area contributed by atoms with Crippen LogP contribution in [-0.4, -0.2) is 60.1 Å². The quantitative estimate of drug-likeness (QED) is 0.773. The summed E-state index contributed by atoms with van der Waals surface area (Å²) in [6.07, 6.45) is 0.499. The molecular formula is C13H16N2O6. The van der Waals surface area contributed by atoms with Gasteiger partial charge in [-0.1, -0.05) is 0 Å². The second-order valence-electron chi connectivity index (χ2n) is 4.52. The molecule has 2 amide bonds. The zero-order chi connectivity index (χ0) is 15.2. The van der Waals surface area contributed by atoms with Gasteiger partial charge in [-0.15, -0.1) is 0 Å².